The first kappa shape index (κ1) is 48.2. The van der Waals surface area contributed by atoms with Crippen LogP contribution in [-0.4, -0.2) is 95.6 Å². The molecule has 2 saturated heterocycles. The van der Waals surface area contributed by atoms with Crippen LogP contribution >= 0.6 is 35.0 Å². The quantitative estimate of drug-likeness (QED) is 0.0382. The van der Waals surface area contributed by atoms with Crippen LogP contribution in [0.5, 0.6) is 0 Å². The Morgan fingerprint density at radius 3 is 2.39 bits per heavy atom. The number of carbonyl (C=O) groups excluding carboxylic acids is 1. The molecule has 7 rings (SSSR count). The van der Waals surface area contributed by atoms with Crippen LogP contribution < -0.4 is 20.7 Å². The first-order chi connectivity index (χ1) is 30.4. The number of rotatable bonds is 20. The number of benzene rings is 4. The molecule has 0 saturated carbocycles. The molecule has 3 aliphatic rings. The number of fused-ring (bicyclic) bond motifs is 2. The van der Waals surface area contributed by atoms with Crippen LogP contribution in [0, 0.1) is 5.41 Å². The molecule has 11 nitrogen and oxygen atoms in total. The number of halogens is 4. The van der Waals surface area contributed by atoms with E-state index in [1.807, 2.05) is 47.2 Å². The van der Waals surface area contributed by atoms with Crippen LogP contribution in [0.25, 0.3) is 5.57 Å². The van der Waals surface area contributed by atoms with Gasteiger partial charge in [-0.1, -0.05) is 61.4 Å². The molecule has 4 aromatic carbocycles. The van der Waals surface area contributed by atoms with Gasteiger partial charge in [-0.3, -0.25) is 9.69 Å². The Kier molecular flexibility index (Phi) is 15.4. The minimum absolute atomic E-state index is 0.00380. The molecule has 0 radical (unpaired) electrons. The number of hydrogen-bond donors (Lipinski definition) is 4. The lowest BCUT2D eigenvalue weighted by atomic mass is 9.72. The Morgan fingerprint density at radius 1 is 0.984 bits per heavy atom. The van der Waals surface area contributed by atoms with Gasteiger partial charge in [0.05, 0.1) is 28.2 Å². The van der Waals surface area contributed by atoms with Gasteiger partial charge < -0.3 is 20.7 Å². The molecular weight excluding hydrogens is 924 g/mol. The minimum Gasteiger partial charge on any atom is -0.384 e. The zero-order chi connectivity index (χ0) is 45.7. The van der Waals surface area contributed by atoms with Crippen LogP contribution in [0.1, 0.15) is 61.9 Å². The van der Waals surface area contributed by atoms with Gasteiger partial charge in [0.2, 0.25) is 0 Å². The van der Waals surface area contributed by atoms with E-state index in [-0.39, 0.29) is 28.8 Å². The van der Waals surface area contributed by atoms with E-state index in [0.29, 0.717) is 55.2 Å². The van der Waals surface area contributed by atoms with Crippen molar-refractivity contribution < 1.29 is 35.1 Å². The topological polar surface area (TPSA) is 146 Å². The van der Waals surface area contributed by atoms with E-state index >= 15 is 0 Å². The molecule has 2 fully saturated rings. The summed E-state index contributed by atoms with van der Waals surface area (Å²) in [6.07, 6.45) is 4.71. The van der Waals surface area contributed by atoms with Gasteiger partial charge in [-0.25, -0.2) is 21.6 Å². The summed E-state index contributed by atoms with van der Waals surface area (Å²) >= 11 is 12.8. The molecular formula is C46H53Cl2F2N5O6S3. The fraction of sp³-hybridized carbons (Fsp3) is 0.413. The molecule has 2 bridgehead atoms. The number of likely N-dealkylation sites (tertiary alicyclic amines) is 1. The van der Waals surface area contributed by atoms with Crippen molar-refractivity contribution in [1.82, 2.24) is 14.9 Å². The average molecular weight is 977 g/mol. The Balaban J connectivity index is 0.987. The lowest BCUT2D eigenvalue weighted by molar-refractivity contribution is 0.0299. The maximum absolute atomic E-state index is 14.6. The number of allylic oxidation sites excluding steroid dienone is 1. The van der Waals surface area contributed by atoms with Gasteiger partial charge >= 0.3 is 4.71 Å². The maximum atomic E-state index is 14.6. The molecule has 0 spiro atoms. The van der Waals surface area contributed by atoms with E-state index in [2.05, 4.69) is 46.8 Å². The first-order valence-corrected chi connectivity index (χ1v) is 25.9. The van der Waals surface area contributed by atoms with Crippen LogP contribution in [0.3, 0.4) is 0 Å². The number of carbonyl (C=O) groups is 1. The standard InChI is InChI=1S/C46H53Cl2F2N5O6S3/c1-45(2)20-18-33(41(26-45)31-8-12-34(47)13-9-31)27-51-21-22-52-35-14-10-32(11-15-35)44(56)54-64(59,60)40-16-17-42(43(25-40)63(57,58)46(48,49)50)53-36(30-62-39-6-4-3-5-7-39)19-23-55-28-38-24-37(55)29-61-38/h3-17,25,36-38,51-53H,18-24,26-30H2,1-2H3,(H,54,56)/t36-,37+,38+/m1/s1. The summed E-state index contributed by atoms with van der Waals surface area (Å²) in [5.41, 5.74) is 4.59. The van der Waals surface area contributed by atoms with E-state index in [9.17, 15) is 30.4 Å². The number of nitrogens with zero attached hydrogens (tertiary/aromatic N) is 1. The first-order valence-electron chi connectivity index (χ1n) is 21.2. The Morgan fingerprint density at radius 2 is 1.72 bits per heavy atom. The van der Waals surface area contributed by atoms with Crippen molar-refractivity contribution in [2.75, 3.05) is 55.7 Å². The van der Waals surface area contributed by atoms with Crippen molar-refractivity contribution in [3.63, 3.8) is 0 Å². The van der Waals surface area contributed by atoms with Crippen molar-refractivity contribution in [3.05, 3.63) is 119 Å². The highest BCUT2D eigenvalue weighted by Crippen LogP contribution is 2.43. The fourth-order valence-electron chi connectivity index (χ4n) is 8.34. The van der Waals surface area contributed by atoms with Crippen molar-refractivity contribution >= 4 is 77.7 Å². The zero-order valence-electron chi connectivity index (χ0n) is 35.6. The number of alkyl halides is 3. The highest BCUT2D eigenvalue weighted by atomic mass is 35.5. The second-order valence-corrected chi connectivity index (χ2v) is 23.1. The molecule has 1 amide bonds. The third-order valence-electron chi connectivity index (χ3n) is 11.9. The van der Waals surface area contributed by atoms with Crippen molar-refractivity contribution in [2.45, 2.75) is 83.5 Å². The zero-order valence-corrected chi connectivity index (χ0v) is 39.5. The summed E-state index contributed by atoms with van der Waals surface area (Å²) in [5, 5.41) is 10.6. The summed E-state index contributed by atoms with van der Waals surface area (Å²) in [5.74, 6) is -0.563. The summed E-state index contributed by atoms with van der Waals surface area (Å²) in [4.78, 5) is 14.8. The maximum Gasteiger partial charge on any atom is 0.427 e. The molecule has 18 heteroatoms. The largest absolute Gasteiger partial charge is 0.427 e. The molecule has 344 valence electrons. The lowest BCUT2D eigenvalue weighted by Crippen LogP contribution is -2.40. The number of sulfone groups is 1. The molecule has 4 aromatic rings. The molecule has 0 unspecified atom stereocenters. The monoisotopic (exact) mass is 975 g/mol. The highest BCUT2D eigenvalue weighted by molar-refractivity contribution is 7.99. The second kappa shape index (κ2) is 20.4. The third kappa shape index (κ3) is 12.2. The number of anilines is 2. The van der Waals surface area contributed by atoms with Gasteiger partial charge in [0.25, 0.3) is 25.8 Å². The number of amides is 1. The lowest BCUT2D eigenvalue weighted by Gasteiger charge is -2.34. The van der Waals surface area contributed by atoms with Crippen molar-refractivity contribution in [2.24, 2.45) is 5.41 Å². The summed E-state index contributed by atoms with van der Waals surface area (Å²) in [6, 6.07) is 26.3. The fourth-order valence-corrected chi connectivity index (χ4v) is 11.7. The second-order valence-electron chi connectivity index (χ2n) is 17.2. The van der Waals surface area contributed by atoms with Crippen molar-refractivity contribution in [3.8, 4) is 0 Å². The number of sulfonamides is 1. The van der Waals surface area contributed by atoms with Crippen LogP contribution in [0.15, 0.2) is 117 Å². The highest BCUT2D eigenvalue weighted by Gasteiger charge is 2.46. The van der Waals surface area contributed by atoms with Crippen LogP contribution in [0.2, 0.25) is 5.02 Å². The number of hydrogen-bond acceptors (Lipinski definition) is 11. The van der Waals surface area contributed by atoms with Crippen LogP contribution in [-0.2, 0) is 24.6 Å². The van der Waals surface area contributed by atoms with E-state index < -0.39 is 46.3 Å². The molecule has 1 aliphatic carbocycles. The van der Waals surface area contributed by atoms with Gasteiger partial charge in [0.1, 0.15) is 0 Å². The van der Waals surface area contributed by atoms with Crippen molar-refractivity contribution in [1.29, 1.82) is 0 Å². The normalized spacial score (nSPS) is 19.4. The third-order valence-corrected chi connectivity index (χ3v) is 16.8. The van der Waals surface area contributed by atoms with Gasteiger partial charge in [0.15, 0.2) is 0 Å². The van der Waals surface area contributed by atoms with E-state index in [1.54, 1.807) is 12.1 Å². The van der Waals surface area contributed by atoms with Gasteiger partial charge in [-0.05, 0) is 127 Å². The Labute approximate surface area is 389 Å². The molecule has 4 N–H and O–H groups in total. The molecule has 2 heterocycles. The Hall–Kier alpha value is -3.74. The molecule has 64 heavy (non-hydrogen) atoms. The molecule has 3 atom stereocenters. The number of thioether (sulfide) groups is 1. The SMILES string of the molecule is CC1(C)CCC(CNCCNc2ccc(C(=O)NS(=O)(=O)c3ccc(N[C@H](CCN4C[C@@H]5C[C@H]4CO5)CSc4ccccc4)c(S(=O)(=O)C(F)(F)Cl)c3)cc2)=C(c2ccc(Cl)cc2)C1. The predicted octanol–water partition coefficient (Wildman–Crippen LogP) is 9.12. The summed E-state index contributed by atoms with van der Waals surface area (Å²) < 4.78 is 85.8. The number of morpholine rings is 1. The van der Waals surface area contributed by atoms with E-state index in [0.717, 1.165) is 55.8 Å². The molecule has 2 aliphatic heterocycles. The van der Waals surface area contributed by atoms with E-state index in [4.69, 9.17) is 27.9 Å². The van der Waals surface area contributed by atoms with Crippen LogP contribution in [0.4, 0.5) is 20.2 Å². The summed E-state index contributed by atoms with van der Waals surface area (Å²) in [6.45, 7) is 8.61. The van der Waals surface area contributed by atoms with Gasteiger partial charge in [0, 0.05) is 71.7 Å². The minimum atomic E-state index is -5.62. The number of ether oxygens (including phenoxy) is 1. The smallest absolute Gasteiger partial charge is 0.384 e. The van der Waals surface area contributed by atoms with E-state index in [1.165, 1.54) is 40.6 Å². The van der Waals surface area contributed by atoms with Gasteiger partial charge in [-0.15, -0.1) is 11.8 Å². The average Bonchev–Trinajstić information content (AvgIpc) is 3.89. The molecule has 0 aromatic heterocycles. The van der Waals surface area contributed by atoms with Gasteiger partial charge in [-0.2, -0.15) is 8.78 Å². The summed E-state index contributed by atoms with van der Waals surface area (Å²) in [7, 11) is -10.4. The predicted molar refractivity (Wildman–Crippen MR) is 252 cm³/mol. The number of nitrogens with one attached hydrogen (secondary N) is 4. The Bertz CT molecular complexity index is 2530.